The predicted molar refractivity (Wildman–Crippen MR) is 105 cm³/mol. The lowest BCUT2D eigenvalue weighted by atomic mass is 9.98. The second kappa shape index (κ2) is 11.1. The van der Waals surface area contributed by atoms with Crippen LogP contribution >= 0.6 is 0 Å². The van der Waals surface area contributed by atoms with Crippen LogP contribution in [0.5, 0.6) is 0 Å². The van der Waals surface area contributed by atoms with E-state index in [0.29, 0.717) is 45.2 Å². The molecule has 160 valence electrons. The van der Waals surface area contributed by atoms with Crippen LogP contribution in [-0.2, 0) is 14.3 Å². The van der Waals surface area contributed by atoms with E-state index in [-0.39, 0.29) is 30.2 Å². The molecule has 2 heterocycles. The van der Waals surface area contributed by atoms with E-state index in [1.165, 1.54) is 0 Å². The maximum atomic E-state index is 12.3. The van der Waals surface area contributed by atoms with Crippen LogP contribution < -0.4 is 5.32 Å². The lowest BCUT2D eigenvalue weighted by molar-refractivity contribution is -0.143. The number of carbonyl (C=O) groups excluding carboxylic acids is 3. The van der Waals surface area contributed by atoms with Crippen molar-refractivity contribution in [3.05, 3.63) is 0 Å². The number of hydrogen-bond acceptors (Lipinski definition) is 5. The average molecular weight is 398 g/mol. The number of piperidine rings is 1. The minimum atomic E-state index is -0.218. The number of carbonyl (C=O) groups is 3. The number of esters is 1. The smallest absolute Gasteiger partial charge is 0.410 e. The van der Waals surface area contributed by atoms with Crippen LogP contribution in [0.25, 0.3) is 0 Å². The summed E-state index contributed by atoms with van der Waals surface area (Å²) in [4.78, 5) is 39.4. The maximum Gasteiger partial charge on any atom is 0.410 e. The van der Waals surface area contributed by atoms with Gasteiger partial charge < -0.3 is 19.7 Å². The summed E-state index contributed by atoms with van der Waals surface area (Å²) < 4.78 is 10.1. The van der Waals surface area contributed by atoms with Gasteiger partial charge in [0.2, 0.25) is 0 Å². The normalized spacial score (nSPS) is 20.4. The van der Waals surface area contributed by atoms with Crippen molar-refractivity contribution in [2.24, 2.45) is 5.92 Å². The standard InChI is InChI=1S/C20H35N3O5/c1-4-27-18(24)8-6-5-7-11-21-19(25)22-12-9-16(10-13-22)23-17(15(2)3)14-28-20(23)26/h15-17H,4-14H2,1-3H3,(H,21,25). The van der Waals surface area contributed by atoms with E-state index in [9.17, 15) is 14.4 Å². The van der Waals surface area contributed by atoms with Crippen molar-refractivity contribution in [1.29, 1.82) is 0 Å². The van der Waals surface area contributed by atoms with Gasteiger partial charge in [-0.15, -0.1) is 0 Å². The topological polar surface area (TPSA) is 88.2 Å². The Bertz CT molecular complexity index is 532. The second-order valence-electron chi connectivity index (χ2n) is 7.86. The van der Waals surface area contributed by atoms with E-state index in [4.69, 9.17) is 9.47 Å². The highest BCUT2D eigenvalue weighted by Crippen LogP contribution is 2.27. The summed E-state index contributed by atoms with van der Waals surface area (Å²) in [6, 6.07) is 0.232. The number of unbranched alkanes of at least 4 members (excludes halogenated alkanes) is 2. The lowest BCUT2D eigenvalue weighted by Gasteiger charge is -2.38. The summed E-state index contributed by atoms with van der Waals surface area (Å²) in [6.45, 7) is 8.80. The maximum absolute atomic E-state index is 12.3. The molecule has 0 aromatic heterocycles. The first-order valence-corrected chi connectivity index (χ1v) is 10.6. The second-order valence-corrected chi connectivity index (χ2v) is 7.86. The molecular weight excluding hydrogens is 362 g/mol. The van der Waals surface area contributed by atoms with Crippen molar-refractivity contribution >= 4 is 18.1 Å². The van der Waals surface area contributed by atoms with Gasteiger partial charge in [-0.25, -0.2) is 9.59 Å². The first kappa shape index (κ1) is 22.3. The van der Waals surface area contributed by atoms with Crippen molar-refractivity contribution < 1.29 is 23.9 Å². The molecule has 0 bridgehead atoms. The molecule has 2 aliphatic heterocycles. The Morgan fingerprint density at radius 1 is 1.21 bits per heavy atom. The Kier molecular flexibility index (Phi) is 8.86. The van der Waals surface area contributed by atoms with Gasteiger partial charge in [-0.3, -0.25) is 9.69 Å². The Labute approximate surface area is 167 Å². The number of amides is 3. The van der Waals surface area contributed by atoms with Gasteiger partial charge >= 0.3 is 18.1 Å². The fraction of sp³-hybridized carbons (Fsp3) is 0.850. The van der Waals surface area contributed by atoms with E-state index in [0.717, 1.165) is 32.1 Å². The zero-order valence-electron chi connectivity index (χ0n) is 17.4. The van der Waals surface area contributed by atoms with E-state index >= 15 is 0 Å². The van der Waals surface area contributed by atoms with Gasteiger partial charge in [0.15, 0.2) is 0 Å². The molecule has 0 saturated carbocycles. The molecule has 0 aliphatic carbocycles. The van der Waals surface area contributed by atoms with Gasteiger partial charge in [-0.2, -0.15) is 0 Å². The quantitative estimate of drug-likeness (QED) is 0.477. The molecule has 2 aliphatic rings. The Hall–Kier alpha value is -1.99. The summed E-state index contributed by atoms with van der Waals surface area (Å²) in [7, 11) is 0. The summed E-state index contributed by atoms with van der Waals surface area (Å²) in [5.41, 5.74) is 0. The van der Waals surface area contributed by atoms with E-state index in [1.54, 1.807) is 6.92 Å². The monoisotopic (exact) mass is 397 g/mol. The van der Waals surface area contributed by atoms with Crippen LogP contribution in [0.4, 0.5) is 9.59 Å². The number of cyclic esters (lactones) is 1. The van der Waals surface area contributed by atoms with Gasteiger partial charge in [0.1, 0.15) is 6.61 Å². The molecule has 28 heavy (non-hydrogen) atoms. The molecule has 2 saturated heterocycles. The third-order valence-electron chi connectivity index (χ3n) is 5.50. The van der Waals surface area contributed by atoms with E-state index in [2.05, 4.69) is 19.2 Å². The van der Waals surface area contributed by atoms with Crippen molar-refractivity contribution in [2.75, 3.05) is 32.8 Å². The molecule has 0 spiro atoms. The van der Waals surface area contributed by atoms with Gasteiger partial charge in [0.25, 0.3) is 0 Å². The fourth-order valence-corrected chi connectivity index (χ4v) is 3.84. The van der Waals surface area contributed by atoms with Crippen LogP contribution in [0, 0.1) is 5.92 Å². The molecule has 0 aromatic carbocycles. The minimum Gasteiger partial charge on any atom is -0.466 e. The van der Waals surface area contributed by atoms with Gasteiger partial charge in [-0.1, -0.05) is 20.3 Å². The highest BCUT2D eigenvalue weighted by molar-refractivity contribution is 5.74. The predicted octanol–water partition coefficient (Wildman–Crippen LogP) is 2.76. The Morgan fingerprint density at radius 3 is 2.57 bits per heavy atom. The van der Waals surface area contributed by atoms with Crippen molar-refractivity contribution in [1.82, 2.24) is 15.1 Å². The number of nitrogens with zero attached hydrogens (tertiary/aromatic N) is 2. The zero-order valence-corrected chi connectivity index (χ0v) is 17.4. The zero-order chi connectivity index (χ0) is 20.5. The van der Waals surface area contributed by atoms with Crippen molar-refractivity contribution in [2.45, 2.75) is 71.4 Å². The molecular formula is C20H35N3O5. The Morgan fingerprint density at radius 2 is 1.93 bits per heavy atom. The summed E-state index contributed by atoms with van der Waals surface area (Å²) in [5, 5.41) is 2.95. The fourth-order valence-electron chi connectivity index (χ4n) is 3.84. The summed E-state index contributed by atoms with van der Waals surface area (Å²) >= 11 is 0. The van der Waals surface area contributed by atoms with Crippen LogP contribution in [-0.4, -0.2) is 72.8 Å². The average Bonchev–Trinajstić information content (AvgIpc) is 3.06. The van der Waals surface area contributed by atoms with Gasteiger partial charge in [-0.05, 0) is 38.5 Å². The highest BCUT2D eigenvalue weighted by atomic mass is 16.6. The number of hydrogen-bond donors (Lipinski definition) is 1. The minimum absolute atomic E-state index is 0.0479. The largest absolute Gasteiger partial charge is 0.466 e. The van der Waals surface area contributed by atoms with Crippen LogP contribution in [0.15, 0.2) is 0 Å². The van der Waals surface area contributed by atoms with Crippen LogP contribution in [0.2, 0.25) is 0 Å². The van der Waals surface area contributed by atoms with Crippen molar-refractivity contribution in [3.63, 3.8) is 0 Å². The van der Waals surface area contributed by atoms with Gasteiger partial charge in [0.05, 0.1) is 12.6 Å². The number of urea groups is 1. The third-order valence-corrected chi connectivity index (χ3v) is 5.50. The molecule has 0 aromatic rings. The number of nitrogens with one attached hydrogen (secondary N) is 1. The molecule has 1 atom stereocenters. The molecule has 2 fully saturated rings. The number of ether oxygens (including phenoxy) is 2. The molecule has 1 unspecified atom stereocenters. The Balaban J connectivity index is 1.63. The molecule has 8 nitrogen and oxygen atoms in total. The number of rotatable bonds is 9. The van der Waals surface area contributed by atoms with E-state index in [1.807, 2.05) is 9.80 Å². The molecule has 0 radical (unpaired) electrons. The van der Waals surface area contributed by atoms with Crippen LogP contribution in [0.1, 0.15) is 59.3 Å². The molecule has 8 heteroatoms. The lowest BCUT2D eigenvalue weighted by Crippen LogP contribution is -2.52. The van der Waals surface area contributed by atoms with E-state index < -0.39 is 0 Å². The van der Waals surface area contributed by atoms with Crippen molar-refractivity contribution in [3.8, 4) is 0 Å². The third kappa shape index (κ3) is 6.27. The SMILES string of the molecule is CCOC(=O)CCCCCNC(=O)N1CCC(N2C(=O)OCC2C(C)C)CC1. The first-order chi connectivity index (χ1) is 13.4. The first-order valence-electron chi connectivity index (χ1n) is 10.6. The van der Waals surface area contributed by atoms with Gasteiger partial charge in [0, 0.05) is 32.1 Å². The molecule has 3 amide bonds. The summed E-state index contributed by atoms with van der Waals surface area (Å²) in [5.74, 6) is 0.201. The highest BCUT2D eigenvalue weighted by Gasteiger charge is 2.41. The number of likely N-dealkylation sites (tertiary alicyclic amines) is 1. The van der Waals surface area contributed by atoms with Crippen LogP contribution in [0.3, 0.4) is 0 Å². The molecule has 1 N–H and O–H groups in total. The summed E-state index contributed by atoms with van der Waals surface area (Å²) in [6.07, 6.45) is 4.29. The molecule has 2 rings (SSSR count).